The molecule has 0 atom stereocenters. The molecule has 0 aliphatic carbocycles. The molecule has 0 saturated heterocycles. The molecule has 0 spiro atoms. The summed E-state index contributed by atoms with van der Waals surface area (Å²) in [4.78, 5) is 22.5. The Morgan fingerprint density at radius 2 is 1.94 bits per heavy atom. The van der Waals surface area contributed by atoms with Crippen LogP contribution in [0.25, 0.3) is 0 Å². The molecule has 0 saturated carbocycles. The van der Waals surface area contributed by atoms with Crippen LogP contribution in [0.1, 0.15) is 19.3 Å². The average molecular weight is 311 g/mol. The zero-order valence-electron chi connectivity index (χ0n) is 10.3. The van der Waals surface area contributed by atoms with E-state index in [9.17, 15) is 9.59 Å². The first-order valence-electron chi connectivity index (χ1n) is 5.70. The molecule has 18 heavy (non-hydrogen) atoms. The second-order valence-electron chi connectivity index (χ2n) is 3.58. The van der Waals surface area contributed by atoms with Gasteiger partial charge in [-0.3, -0.25) is 0 Å². The fourth-order valence-corrected chi connectivity index (χ4v) is 2.81. The molecule has 0 radical (unpaired) electrons. The number of carbonyl (C=O) groups excluding carboxylic acids is 2. The monoisotopic (exact) mass is 312 g/mol. The molecule has 3 nitrogen and oxygen atoms in total. The van der Waals surface area contributed by atoms with Crippen molar-refractivity contribution in [3.63, 3.8) is 0 Å². The second-order valence-corrected chi connectivity index (χ2v) is 5.95. The molecule has 0 aromatic heterocycles. The van der Waals surface area contributed by atoms with Gasteiger partial charge in [-0.1, -0.05) is 0 Å². The number of esters is 1. The van der Waals surface area contributed by atoms with E-state index in [4.69, 9.17) is 0 Å². The first-order chi connectivity index (χ1) is 8.72. The van der Waals surface area contributed by atoms with Crippen molar-refractivity contribution in [2.45, 2.75) is 19.3 Å². The third kappa shape index (κ3) is 6.38. The third-order valence-electron chi connectivity index (χ3n) is 2.17. The summed E-state index contributed by atoms with van der Waals surface area (Å²) < 4.78 is 5.85. The molecule has 0 bridgehead atoms. The van der Waals surface area contributed by atoms with Crippen LogP contribution in [0.2, 0.25) is 0 Å². The number of rotatable bonds is 7. The second kappa shape index (κ2) is 8.67. The van der Waals surface area contributed by atoms with Gasteiger partial charge in [-0.05, 0) is 0 Å². The fraction of sp³-hybridized carbons (Fsp3) is 0.286. The minimum atomic E-state index is -0.223. The maximum atomic E-state index is 11.7. The van der Waals surface area contributed by atoms with Gasteiger partial charge in [0.25, 0.3) is 0 Å². The number of allylic oxidation sites excluding steroid dienone is 2. The van der Waals surface area contributed by atoms with Gasteiger partial charge < -0.3 is 0 Å². The minimum absolute atomic E-state index is 0.117. The number of hydrogen-bond donors (Lipinski definition) is 0. The molecule has 1 rings (SSSR count). The van der Waals surface area contributed by atoms with Crippen molar-refractivity contribution in [3.05, 3.63) is 42.5 Å². The summed E-state index contributed by atoms with van der Waals surface area (Å²) in [7, 11) is 1.37. The summed E-state index contributed by atoms with van der Waals surface area (Å²) in [5.41, 5.74) is 0. The van der Waals surface area contributed by atoms with Gasteiger partial charge in [0.05, 0.1) is 0 Å². The topological polar surface area (TPSA) is 43.4 Å². The van der Waals surface area contributed by atoms with Crippen LogP contribution in [0.15, 0.2) is 42.5 Å². The molecule has 0 unspecified atom stereocenters. The van der Waals surface area contributed by atoms with E-state index in [1.807, 2.05) is 42.5 Å². The Labute approximate surface area is 113 Å². The number of ether oxygens (including phenoxy) is 1. The first kappa shape index (κ1) is 14.7. The number of hydrogen-bond acceptors (Lipinski definition) is 3. The van der Waals surface area contributed by atoms with Crippen molar-refractivity contribution in [3.8, 4) is 0 Å². The Balaban J connectivity index is 2.21. The van der Waals surface area contributed by atoms with Gasteiger partial charge in [-0.15, -0.1) is 0 Å². The van der Waals surface area contributed by atoms with E-state index in [1.54, 1.807) is 0 Å². The van der Waals surface area contributed by atoms with Crippen LogP contribution in [0, 0.1) is 0 Å². The SMILES string of the molecule is COC(=O)CC/C=C\CC(=O)[Se]c1ccccc1. The van der Waals surface area contributed by atoms with E-state index >= 15 is 0 Å². The van der Waals surface area contributed by atoms with Crippen molar-refractivity contribution < 1.29 is 14.3 Å². The Bertz CT molecular complexity index is 412. The van der Waals surface area contributed by atoms with E-state index in [0.717, 1.165) is 4.46 Å². The summed E-state index contributed by atoms with van der Waals surface area (Å²) in [6, 6.07) is 9.77. The van der Waals surface area contributed by atoms with Crippen molar-refractivity contribution in [2.24, 2.45) is 0 Å². The number of carbonyl (C=O) groups is 2. The van der Waals surface area contributed by atoms with Gasteiger partial charge in [0.15, 0.2) is 0 Å². The van der Waals surface area contributed by atoms with Crippen molar-refractivity contribution >= 4 is 30.1 Å². The molecule has 0 aliphatic heterocycles. The Morgan fingerprint density at radius 1 is 1.22 bits per heavy atom. The maximum absolute atomic E-state index is 11.7. The first-order valence-corrected chi connectivity index (χ1v) is 7.41. The molecular weight excluding hydrogens is 295 g/mol. The molecule has 1 aromatic rings. The van der Waals surface area contributed by atoms with Crippen molar-refractivity contribution in [2.75, 3.05) is 7.11 Å². The van der Waals surface area contributed by atoms with E-state index in [0.29, 0.717) is 19.3 Å². The molecular formula is C14H16O3Se. The quantitative estimate of drug-likeness (QED) is 0.435. The van der Waals surface area contributed by atoms with Crippen LogP contribution in [-0.2, 0) is 14.3 Å². The molecule has 1 aromatic carbocycles. The molecule has 0 N–H and O–H groups in total. The molecule has 0 heterocycles. The fourth-order valence-electron chi connectivity index (χ4n) is 1.26. The van der Waals surface area contributed by atoms with Crippen LogP contribution in [0.5, 0.6) is 0 Å². The van der Waals surface area contributed by atoms with Crippen molar-refractivity contribution in [1.82, 2.24) is 0 Å². The van der Waals surface area contributed by atoms with Crippen LogP contribution in [-0.4, -0.2) is 32.7 Å². The molecule has 0 amide bonds. The number of benzene rings is 1. The van der Waals surface area contributed by atoms with Crippen molar-refractivity contribution in [1.29, 1.82) is 0 Å². The predicted molar refractivity (Wildman–Crippen MR) is 71.8 cm³/mol. The predicted octanol–water partition coefficient (Wildman–Crippen LogP) is 1.44. The molecule has 4 heteroatoms. The van der Waals surface area contributed by atoms with E-state index in [1.165, 1.54) is 7.11 Å². The van der Waals surface area contributed by atoms with Crippen LogP contribution < -0.4 is 4.46 Å². The zero-order valence-corrected chi connectivity index (χ0v) is 12.0. The molecule has 0 fully saturated rings. The average Bonchev–Trinajstić information content (AvgIpc) is 2.39. The van der Waals surface area contributed by atoms with Crippen LogP contribution >= 0.6 is 0 Å². The van der Waals surface area contributed by atoms with Gasteiger partial charge in [0.2, 0.25) is 0 Å². The van der Waals surface area contributed by atoms with Crippen LogP contribution in [0.3, 0.4) is 0 Å². The molecule has 96 valence electrons. The Kier molecular flexibility index (Phi) is 7.07. The Morgan fingerprint density at radius 3 is 2.61 bits per heavy atom. The standard InChI is InChI=1S/C14H16O3Se/c1-17-13(15)10-6-3-7-11-14(16)18-12-8-4-2-5-9-12/h2-5,7-9H,6,10-11H2,1H3/b7-3-. The van der Waals surface area contributed by atoms with E-state index in [-0.39, 0.29) is 25.6 Å². The summed E-state index contributed by atoms with van der Waals surface area (Å²) >= 11 is -0.117. The van der Waals surface area contributed by atoms with Gasteiger partial charge in [0.1, 0.15) is 0 Å². The van der Waals surface area contributed by atoms with E-state index in [2.05, 4.69) is 4.74 Å². The van der Waals surface area contributed by atoms with Gasteiger partial charge in [-0.25, -0.2) is 0 Å². The third-order valence-corrected chi connectivity index (χ3v) is 4.06. The van der Waals surface area contributed by atoms with Crippen LogP contribution in [0.4, 0.5) is 0 Å². The summed E-state index contributed by atoms with van der Waals surface area (Å²) in [6.07, 6.45) is 5.12. The number of methoxy groups -OCH3 is 1. The molecule has 0 aliphatic rings. The summed E-state index contributed by atoms with van der Waals surface area (Å²) in [5, 5.41) is 0. The summed E-state index contributed by atoms with van der Waals surface area (Å²) in [6.45, 7) is 0. The van der Waals surface area contributed by atoms with Gasteiger partial charge >= 0.3 is 113 Å². The zero-order chi connectivity index (χ0) is 13.2. The van der Waals surface area contributed by atoms with Gasteiger partial charge in [-0.2, -0.15) is 0 Å². The normalized spacial score (nSPS) is 10.5. The van der Waals surface area contributed by atoms with E-state index < -0.39 is 0 Å². The Hall–Kier alpha value is -1.38. The van der Waals surface area contributed by atoms with Gasteiger partial charge in [0, 0.05) is 0 Å². The summed E-state index contributed by atoms with van der Waals surface area (Å²) in [5.74, 6) is -0.223.